The number of hydrogen-bond acceptors (Lipinski definition) is 4. The van der Waals surface area contributed by atoms with Crippen molar-refractivity contribution < 1.29 is 18.6 Å². The minimum Gasteiger partial charge on any atom is -0.508 e. The molecule has 0 aliphatic carbocycles. The van der Waals surface area contributed by atoms with Gasteiger partial charge in [-0.2, -0.15) is 0 Å². The molecule has 0 heterocycles. The summed E-state index contributed by atoms with van der Waals surface area (Å²) in [5.41, 5.74) is 2.87. The summed E-state index contributed by atoms with van der Waals surface area (Å²) in [5, 5.41) is 21.9. The fourth-order valence-corrected chi connectivity index (χ4v) is 7.53. The van der Waals surface area contributed by atoms with Crippen LogP contribution in [0.2, 0.25) is 0 Å². The molecule has 0 aliphatic rings. The first-order valence-electron chi connectivity index (χ1n) is 16.7. The van der Waals surface area contributed by atoms with Crippen molar-refractivity contribution in [1.29, 1.82) is 0 Å². The van der Waals surface area contributed by atoms with E-state index in [2.05, 4.69) is 27.7 Å². The van der Waals surface area contributed by atoms with Gasteiger partial charge in [0.2, 0.25) is 9.84 Å². The molecule has 41 heavy (non-hydrogen) atoms. The Bertz CT molecular complexity index is 1050. The number of aryl methyl sites for hydroxylation is 4. The van der Waals surface area contributed by atoms with E-state index in [0.717, 1.165) is 114 Å². The normalized spacial score (nSPS) is 11.8. The van der Waals surface area contributed by atoms with Gasteiger partial charge in [-0.25, -0.2) is 8.42 Å². The Morgan fingerprint density at radius 1 is 0.439 bits per heavy atom. The fraction of sp³-hybridized carbons (Fsp3) is 0.667. The zero-order chi connectivity index (χ0) is 30.1. The Balaban J connectivity index is 2.58. The second kappa shape index (κ2) is 19.2. The van der Waals surface area contributed by atoms with Gasteiger partial charge in [0.25, 0.3) is 0 Å². The lowest BCUT2D eigenvalue weighted by molar-refractivity contribution is 0.464. The maximum Gasteiger partial charge on any atom is 0.207 e. The summed E-state index contributed by atoms with van der Waals surface area (Å²) >= 11 is 0. The minimum atomic E-state index is -3.86. The molecular weight excluding hydrogens is 528 g/mol. The maximum atomic E-state index is 14.6. The summed E-state index contributed by atoms with van der Waals surface area (Å²) in [6, 6.07) is 6.97. The van der Waals surface area contributed by atoms with Crippen LogP contribution in [-0.2, 0) is 35.5 Å². The van der Waals surface area contributed by atoms with Crippen LogP contribution in [0.5, 0.6) is 11.5 Å². The van der Waals surface area contributed by atoms with Crippen molar-refractivity contribution in [1.82, 2.24) is 0 Å². The summed E-state index contributed by atoms with van der Waals surface area (Å²) < 4.78 is 29.1. The molecule has 0 aliphatic heterocycles. The van der Waals surface area contributed by atoms with Crippen LogP contribution in [0.1, 0.15) is 153 Å². The van der Waals surface area contributed by atoms with Crippen LogP contribution < -0.4 is 0 Å². The van der Waals surface area contributed by atoms with E-state index < -0.39 is 9.84 Å². The molecule has 0 bridgehead atoms. The number of rotatable bonds is 22. The van der Waals surface area contributed by atoms with Gasteiger partial charge in [0.1, 0.15) is 11.5 Å². The van der Waals surface area contributed by atoms with Gasteiger partial charge in [-0.3, -0.25) is 0 Å². The first-order valence-corrected chi connectivity index (χ1v) is 18.2. The number of phenols is 2. The van der Waals surface area contributed by atoms with Crippen LogP contribution in [0.15, 0.2) is 34.1 Å². The topological polar surface area (TPSA) is 74.6 Å². The first-order chi connectivity index (χ1) is 19.8. The predicted octanol–water partition coefficient (Wildman–Crippen LogP) is 10.4. The van der Waals surface area contributed by atoms with Gasteiger partial charge >= 0.3 is 0 Å². The van der Waals surface area contributed by atoms with Crippen molar-refractivity contribution in [2.45, 2.75) is 166 Å². The Morgan fingerprint density at radius 2 is 0.732 bits per heavy atom. The smallest absolute Gasteiger partial charge is 0.207 e. The third-order valence-electron chi connectivity index (χ3n) is 8.30. The number of phenolic OH excluding ortho intramolecular Hbond substituents is 2. The molecule has 5 heteroatoms. The Kier molecular flexibility index (Phi) is 16.5. The molecule has 0 aromatic heterocycles. The highest BCUT2D eigenvalue weighted by atomic mass is 32.2. The van der Waals surface area contributed by atoms with Gasteiger partial charge in [0.15, 0.2) is 0 Å². The zero-order valence-electron chi connectivity index (χ0n) is 26.6. The molecule has 4 nitrogen and oxygen atoms in total. The van der Waals surface area contributed by atoms with Crippen molar-refractivity contribution in [3.63, 3.8) is 0 Å². The quantitative estimate of drug-likeness (QED) is 0.135. The molecule has 0 radical (unpaired) electrons. The van der Waals surface area contributed by atoms with Crippen LogP contribution >= 0.6 is 0 Å². The number of benzene rings is 2. The molecule has 2 N–H and O–H groups in total. The Hall–Kier alpha value is -2.01. The van der Waals surface area contributed by atoms with Crippen LogP contribution in [0.4, 0.5) is 0 Å². The van der Waals surface area contributed by atoms with Crippen LogP contribution in [0, 0.1) is 0 Å². The number of sulfone groups is 1. The molecule has 0 saturated heterocycles. The molecule has 2 rings (SSSR count). The molecule has 0 unspecified atom stereocenters. The third-order valence-corrected chi connectivity index (χ3v) is 10.2. The van der Waals surface area contributed by atoms with Gasteiger partial charge in [0, 0.05) is 0 Å². The molecule has 0 fully saturated rings. The monoisotopic (exact) mass is 586 g/mol. The Labute approximate surface area is 251 Å². The van der Waals surface area contributed by atoms with Crippen LogP contribution in [0.25, 0.3) is 0 Å². The van der Waals surface area contributed by atoms with Crippen molar-refractivity contribution in [3.8, 4) is 11.5 Å². The van der Waals surface area contributed by atoms with Gasteiger partial charge < -0.3 is 10.2 Å². The fourth-order valence-electron chi connectivity index (χ4n) is 5.69. The maximum absolute atomic E-state index is 14.6. The van der Waals surface area contributed by atoms with E-state index in [-0.39, 0.29) is 11.5 Å². The second-order valence-electron chi connectivity index (χ2n) is 11.9. The van der Waals surface area contributed by atoms with Gasteiger partial charge in [-0.1, -0.05) is 105 Å². The summed E-state index contributed by atoms with van der Waals surface area (Å²) in [7, 11) is -3.86. The van der Waals surface area contributed by atoms with Crippen LogP contribution in [-0.4, -0.2) is 18.6 Å². The zero-order valence-corrected chi connectivity index (χ0v) is 27.4. The number of aromatic hydroxyl groups is 2. The highest BCUT2D eigenvalue weighted by molar-refractivity contribution is 7.91. The predicted molar refractivity (Wildman–Crippen MR) is 173 cm³/mol. The second-order valence-corrected chi connectivity index (χ2v) is 13.8. The van der Waals surface area contributed by atoms with E-state index in [4.69, 9.17) is 0 Å². The molecule has 0 atom stereocenters. The van der Waals surface area contributed by atoms with Gasteiger partial charge in [-0.05, 0) is 97.9 Å². The van der Waals surface area contributed by atoms with Crippen molar-refractivity contribution in [3.05, 3.63) is 46.5 Å². The molecule has 0 saturated carbocycles. The van der Waals surface area contributed by atoms with Crippen molar-refractivity contribution in [2.75, 3.05) is 0 Å². The molecular formula is C36H58O4S. The number of unbranched alkanes of at least 4 members (excludes halogenated alkanes) is 12. The molecule has 232 valence electrons. The first kappa shape index (κ1) is 35.2. The number of hydrogen-bond donors (Lipinski definition) is 2. The van der Waals surface area contributed by atoms with E-state index in [1.54, 1.807) is 24.3 Å². The Morgan fingerprint density at radius 3 is 1.02 bits per heavy atom. The lowest BCUT2D eigenvalue weighted by Crippen LogP contribution is -2.11. The molecule has 0 spiro atoms. The molecule has 2 aromatic rings. The van der Waals surface area contributed by atoms with Gasteiger partial charge in [0.05, 0.1) is 9.79 Å². The van der Waals surface area contributed by atoms with Gasteiger partial charge in [-0.15, -0.1) is 0 Å². The highest BCUT2D eigenvalue weighted by Crippen LogP contribution is 2.36. The van der Waals surface area contributed by atoms with Crippen LogP contribution in [0.3, 0.4) is 0 Å². The van der Waals surface area contributed by atoms with E-state index in [1.807, 2.05) is 0 Å². The summed E-state index contributed by atoms with van der Waals surface area (Å²) in [4.78, 5) is 0.685. The summed E-state index contributed by atoms with van der Waals surface area (Å²) in [6.07, 6.45) is 19.5. The average Bonchev–Trinajstić information content (AvgIpc) is 2.95. The van der Waals surface area contributed by atoms with E-state index in [1.165, 1.54) is 0 Å². The largest absolute Gasteiger partial charge is 0.508 e. The van der Waals surface area contributed by atoms with E-state index >= 15 is 0 Å². The van der Waals surface area contributed by atoms with E-state index in [9.17, 15) is 18.6 Å². The average molecular weight is 587 g/mol. The van der Waals surface area contributed by atoms with Crippen molar-refractivity contribution in [2.24, 2.45) is 0 Å². The summed E-state index contributed by atoms with van der Waals surface area (Å²) in [6.45, 7) is 8.68. The molecule has 2 aromatic carbocycles. The lowest BCUT2D eigenvalue weighted by atomic mass is 10.00. The van der Waals surface area contributed by atoms with E-state index in [0.29, 0.717) is 46.6 Å². The van der Waals surface area contributed by atoms with Crippen molar-refractivity contribution >= 4 is 9.84 Å². The minimum absolute atomic E-state index is 0.216. The standard InChI is InChI=1S/C36H58O4S/c1-5-9-13-17-21-29-27-35(31(25-33(29)37)23-19-15-11-7-3)41(39,40)36-28-30(22-18-14-10-6-2)34(38)26-32(36)24-20-16-12-8-4/h25-28,37-38H,5-24H2,1-4H3. The lowest BCUT2D eigenvalue weighted by Gasteiger charge is -2.18. The SMILES string of the molecule is CCCCCCc1cc(S(=O)(=O)c2cc(CCCCCC)c(O)cc2CCCCCC)c(CCCCCC)cc1O. The molecule has 0 amide bonds. The summed E-state index contributed by atoms with van der Waals surface area (Å²) in [5.74, 6) is 0.432. The third kappa shape index (κ3) is 11.3. The highest BCUT2D eigenvalue weighted by Gasteiger charge is 2.27.